The van der Waals surface area contributed by atoms with Crippen LogP contribution in [-0.2, 0) is 22.6 Å². The summed E-state index contributed by atoms with van der Waals surface area (Å²) in [6.45, 7) is 3.43. The highest BCUT2D eigenvalue weighted by atomic mass is 16.5. The quantitative estimate of drug-likeness (QED) is 0.479. The van der Waals surface area contributed by atoms with Crippen molar-refractivity contribution >= 4 is 11.6 Å². The van der Waals surface area contributed by atoms with Gasteiger partial charge in [0.05, 0.1) is 19.1 Å². The standard InChI is InChI=1S/C20H19N5O5/c1-11-14(12(2)25-16(21-11)9-17(26)24-25)8-19(27)29-10-18-22-23-20(30-18)13-6-4-5-7-15(13)28-3/h4-7,9H,8,10H2,1-3H3,(H,24,26). The third-order valence-corrected chi connectivity index (χ3v) is 4.68. The molecular weight excluding hydrogens is 390 g/mol. The summed E-state index contributed by atoms with van der Waals surface area (Å²) in [6.07, 6.45) is -0.00564. The van der Waals surface area contributed by atoms with E-state index in [0.717, 1.165) is 0 Å². The highest BCUT2D eigenvalue weighted by Crippen LogP contribution is 2.28. The van der Waals surface area contributed by atoms with Crippen molar-refractivity contribution in [3.8, 4) is 17.2 Å². The van der Waals surface area contributed by atoms with Crippen LogP contribution in [-0.4, -0.2) is 37.9 Å². The lowest BCUT2D eigenvalue weighted by atomic mass is 10.1. The van der Waals surface area contributed by atoms with Gasteiger partial charge in [-0.15, -0.1) is 10.2 Å². The molecule has 154 valence electrons. The minimum absolute atomic E-state index is 0.00564. The number of ether oxygens (including phenoxy) is 2. The molecule has 0 saturated carbocycles. The summed E-state index contributed by atoms with van der Waals surface area (Å²) in [5.41, 5.74) is 2.94. The van der Waals surface area contributed by atoms with Crippen LogP contribution in [0.5, 0.6) is 5.75 Å². The highest BCUT2D eigenvalue weighted by Gasteiger charge is 2.17. The summed E-state index contributed by atoms with van der Waals surface area (Å²) in [5.74, 6) is 0.563. The number of aromatic nitrogens is 5. The SMILES string of the molecule is COc1ccccc1-c1nnc(COC(=O)Cc2c(C)nc3cc(=O)[nH]n3c2C)o1. The Morgan fingerprint density at radius 1 is 1.23 bits per heavy atom. The Balaban J connectivity index is 1.45. The van der Waals surface area contributed by atoms with Gasteiger partial charge in [0.1, 0.15) is 5.75 Å². The number of para-hydroxylation sites is 1. The van der Waals surface area contributed by atoms with Crippen molar-refractivity contribution in [3.63, 3.8) is 0 Å². The molecule has 3 aromatic heterocycles. The minimum Gasteiger partial charge on any atom is -0.496 e. The van der Waals surface area contributed by atoms with E-state index in [1.807, 2.05) is 12.1 Å². The van der Waals surface area contributed by atoms with Crippen LogP contribution in [0.4, 0.5) is 0 Å². The molecular formula is C20H19N5O5. The molecule has 10 heteroatoms. The van der Waals surface area contributed by atoms with Gasteiger partial charge >= 0.3 is 5.97 Å². The second-order valence-electron chi connectivity index (χ2n) is 6.61. The van der Waals surface area contributed by atoms with Crippen molar-refractivity contribution in [1.29, 1.82) is 0 Å². The molecule has 3 heterocycles. The van der Waals surface area contributed by atoms with E-state index < -0.39 is 5.97 Å². The molecule has 4 rings (SSSR count). The molecule has 30 heavy (non-hydrogen) atoms. The molecule has 1 aromatic carbocycles. The van der Waals surface area contributed by atoms with Gasteiger partial charge in [-0.3, -0.25) is 14.7 Å². The first kappa shape index (κ1) is 19.4. The lowest BCUT2D eigenvalue weighted by Crippen LogP contribution is -2.14. The Labute approximate surface area is 170 Å². The van der Waals surface area contributed by atoms with Crippen molar-refractivity contribution in [2.45, 2.75) is 26.9 Å². The molecule has 0 unspecified atom stereocenters. The maximum absolute atomic E-state index is 12.4. The molecule has 10 nitrogen and oxygen atoms in total. The summed E-state index contributed by atoms with van der Waals surface area (Å²) in [4.78, 5) is 28.3. The van der Waals surface area contributed by atoms with Gasteiger partial charge in [0.25, 0.3) is 17.3 Å². The number of fused-ring (bicyclic) bond motifs is 1. The van der Waals surface area contributed by atoms with Gasteiger partial charge in [-0.2, -0.15) is 0 Å². The number of aromatic amines is 1. The Morgan fingerprint density at radius 2 is 2.03 bits per heavy atom. The number of esters is 1. The van der Waals surface area contributed by atoms with E-state index >= 15 is 0 Å². The Morgan fingerprint density at radius 3 is 2.83 bits per heavy atom. The fraction of sp³-hybridized carbons (Fsp3) is 0.250. The fourth-order valence-corrected chi connectivity index (χ4v) is 3.19. The van der Waals surface area contributed by atoms with Crippen LogP contribution in [0.1, 0.15) is 22.8 Å². The second-order valence-corrected chi connectivity index (χ2v) is 6.61. The van der Waals surface area contributed by atoms with E-state index in [2.05, 4.69) is 20.3 Å². The average molecular weight is 409 g/mol. The molecule has 0 saturated heterocycles. The van der Waals surface area contributed by atoms with Crippen LogP contribution in [0, 0.1) is 13.8 Å². The van der Waals surface area contributed by atoms with Crippen LogP contribution in [0.2, 0.25) is 0 Å². The third-order valence-electron chi connectivity index (χ3n) is 4.68. The van der Waals surface area contributed by atoms with Crippen molar-refractivity contribution in [1.82, 2.24) is 24.8 Å². The number of methoxy groups -OCH3 is 1. The van der Waals surface area contributed by atoms with E-state index in [-0.39, 0.29) is 30.4 Å². The van der Waals surface area contributed by atoms with Crippen LogP contribution in [0.25, 0.3) is 17.1 Å². The van der Waals surface area contributed by atoms with Gasteiger partial charge in [-0.25, -0.2) is 9.50 Å². The number of hydrogen-bond donors (Lipinski definition) is 1. The van der Waals surface area contributed by atoms with E-state index in [1.54, 1.807) is 37.6 Å². The Bertz CT molecular complexity index is 1290. The predicted molar refractivity (Wildman–Crippen MR) is 105 cm³/mol. The van der Waals surface area contributed by atoms with Crippen molar-refractivity contribution < 1.29 is 18.7 Å². The van der Waals surface area contributed by atoms with Crippen molar-refractivity contribution in [2.75, 3.05) is 7.11 Å². The molecule has 4 aromatic rings. The molecule has 0 aliphatic rings. The van der Waals surface area contributed by atoms with E-state index in [1.165, 1.54) is 6.07 Å². The largest absolute Gasteiger partial charge is 0.496 e. The van der Waals surface area contributed by atoms with Gasteiger partial charge in [0, 0.05) is 23.0 Å². The molecule has 0 bridgehead atoms. The van der Waals surface area contributed by atoms with E-state index in [4.69, 9.17) is 13.9 Å². The summed E-state index contributed by atoms with van der Waals surface area (Å²) >= 11 is 0. The molecule has 0 atom stereocenters. The van der Waals surface area contributed by atoms with Gasteiger partial charge in [0.2, 0.25) is 0 Å². The monoisotopic (exact) mass is 409 g/mol. The lowest BCUT2D eigenvalue weighted by Gasteiger charge is -2.10. The number of H-pyrrole nitrogens is 1. The number of nitrogens with zero attached hydrogens (tertiary/aromatic N) is 4. The lowest BCUT2D eigenvalue weighted by molar-refractivity contribution is -0.144. The zero-order valence-corrected chi connectivity index (χ0v) is 16.6. The summed E-state index contributed by atoms with van der Waals surface area (Å²) in [7, 11) is 1.55. The molecule has 0 amide bonds. The van der Waals surface area contributed by atoms with Crippen LogP contribution in [0.15, 0.2) is 39.5 Å². The number of rotatable bonds is 6. The Hall–Kier alpha value is -3.95. The smallest absolute Gasteiger partial charge is 0.310 e. The first-order valence-electron chi connectivity index (χ1n) is 9.15. The molecule has 1 N–H and O–H groups in total. The zero-order valence-electron chi connectivity index (χ0n) is 16.6. The maximum Gasteiger partial charge on any atom is 0.310 e. The summed E-state index contributed by atoms with van der Waals surface area (Å²) in [6, 6.07) is 8.64. The third kappa shape index (κ3) is 3.66. The number of hydrogen-bond acceptors (Lipinski definition) is 8. The number of carbonyl (C=O) groups excluding carboxylic acids is 1. The fourth-order valence-electron chi connectivity index (χ4n) is 3.19. The van der Waals surface area contributed by atoms with Gasteiger partial charge in [-0.05, 0) is 26.0 Å². The maximum atomic E-state index is 12.4. The predicted octanol–water partition coefficient (Wildman–Crippen LogP) is 1.98. The van der Waals surface area contributed by atoms with Crippen LogP contribution < -0.4 is 10.3 Å². The number of benzene rings is 1. The molecule has 0 fully saturated rings. The normalized spacial score (nSPS) is 11.0. The second kappa shape index (κ2) is 7.82. The van der Waals surface area contributed by atoms with Crippen molar-refractivity contribution in [3.05, 3.63) is 63.5 Å². The number of nitrogens with one attached hydrogen (secondary N) is 1. The first-order chi connectivity index (χ1) is 14.5. The van der Waals surface area contributed by atoms with E-state index in [0.29, 0.717) is 33.9 Å². The molecule has 0 radical (unpaired) electrons. The molecule has 0 spiro atoms. The number of carbonyl (C=O) groups is 1. The van der Waals surface area contributed by atoms with Crippen LogP contribution >= 0.6 is 0 Å². The van der Waals surface area contributed by atoms with Gasteiger partial charge in [-0.1, -0.05) is 12.1 Å². The topological polar surface area (TPSA) is 125 Å². The van der Waals surface area contributed by atoms with Crippen molar-refractivity contribution in [2.24, 2.45) is 0 Å². The van der Waals surface area contributed by atoms with Gasteiger partial charge in [0.15, 0.2) is 12.3 Å². The highest BCUT2D eigenvalue weighted by molar-refractivity contribution is 5.73. The molecule has 0 aliphatic heterocycles. The summed E-state index contributed by atoms with van der Waals surface area (Å²) in [5, 5.41) is 10.6. The first-order valence-corrected chi connectivity index (χ1v) is 9.15. The number of aryl methyl sites for hydroxylation is 2. The van der Waals surface area contributed by atoms with Gasteiger partial charge < -0.3 is 13.9 Å². The average Bonchev–Trinajstić information content (AvgIpc) is 3.35. The minimum atomic E-state index is -0.478. The van der Waals surface area contributed by atoms with E-state index in [9.17, 15) is 9.59 Å². The zero-order chi connectivity index (χ0) is 21.3. The molecule has 0 aliphatic carbocycles. The summed E-state index contributed by atoms with van der Waals surface area (Å²) < 4.78 is 17.7. The Kier molecular flexibility index (Phi) is 5.05. The van der Waals surface area contributed by atoms with Crippen LogP contribution in [0.3, 0.4) is 0 Å².